The van der Waals surface area contributed by atoms with Gasteiger partial charge in [0.05, 0.1) is 11.2 Å². The number of aromatic nitrogens is 2. The summed E-state index contributed by atoms with van der Waals surface area (Å²) in [5.74, 6) is 0. The minimum absolute atomic E-state index is 1.08. The van der Waals surface area contributed by atoms with Gasteiger partial charge in [-0.3, -0.25) is 0 Å². The van der Waals surface area contributed by atoms with Crippen LogP contribution in [0, 0.1) is 13.8 Å². The van der Waals surface area contributed by atoms with Gasteiger partial charge in [-0.2, -0.15) is 5.10 Å². The molecule has 0 saturated heterocycles. The highest BCUT2D eigenvalue weighted by Gasteiger charge is 2.05. The van der Waals surface area contributed by atoms with Crippen molar-refractivity contribution in [2.75, 3.05) is 0 Å². The summed E-state index contributed by atoms with van der Waals surface area (Å²) in [4.78, 5) is 0. The lowest BCUT2D eigenvalue weighted by Gasteiger charge is -1.98. The second-order valence-electron chi connectivity index (χ2n) is 4.43. The van der Waals surface area contributed by atoms with Gasteiger partial charge in [0.1, 0.15) is 0 Å². The molecule has 0 N–H and O–H groups in total. The fourth-order valence-corrected chi connectivity index (χ4v) is 2.21. The molecule has 0 saturated carbocycles. The molecule has 0 amide bonds. The average Bonchev–Trinajstić information content (AvgIpc) is 2.74. The number of benzene rings is 2. The van der Waals surface area contributed by atoms with Crippen molar-refractivity contribution in [3.05, 3.63) is 59.8 Å². The van der Waals surface area contributed by atoms with Gasteiger partial charge in [-0.1, -0.05) is 29.8 Å². The van der Waals surface area contributed by atoms with Crippen LogP contribution in [0.5, 0.6) is 0 Å². The van der Waals surface area contributed by atoms with Crippen molar-refractivity contribution in [2.24, 2.45) is 0 Å². The highest BCUT2D eigenvalue weighted by molar-refractivity contribution is 5.82. The third-order valence-corrected chi connectivity index (χ3v) is 2.96. The predicted octanol–water partition coefficient (Wildman–Crippen LogP) is 3.64. The van der Waals surface area contributed by atoms with Gasteiger partial charge in [0, 0.05) is 11.6 Å². The molecule has 17 heavy (non-hydrogen) atoms. The van der Waals surface area contributed by atoms with E-state index in [1.807, 2.05) is 22.9 Å². The van der Waals surface area contributed by atoms with Crippen LogP contribution in [0.25, 0.3) is 16.6 Å². The van der Waals surface area contributed by atoms with E-state index in [2.05, 4.69) is 49.4 Å². The molecule has 0 radical (unpaired) electrons. The van der Waals surface area contributed by atoms with Crippen molar-refractivity contribution in [1.82, 2.24) is 9.78 Å². The Kier molecular flexibility index (Phi) is 2.22. The van der Waals surface area contributed by atoms with E-state index in [0.717, 1.165) is 11.2 Å². The van der Waals surface area contributed by atoms with Crippen LogP contribution in [0.4, 0.5) is 0 Å². The van der Waals surface area contributed by atoms with Gasteiger partial charge in [0.2, 0.25) is 0 Å². The Bertz CT molecular complexity index is 666. The molecule has 0 aliphatic heterocycles. The Hall–Kier alpha value is -2.09. The number of rotatable bonds is 1. The van der Waals surface area contributed by atoms with Gasteiger partial charge in [0.25, 0.3) is 0 Å². The monoisotopic (exact) mass is 222 g/mol. The first-order valence-electron chi connectivity index (χ1n) is 5.76. The van der Waals surface area contributed by atoms with Crippen LogP contribution >= 0.6 is 0 Å². The molecule has 0 atom stereocenters. The van der Waals surface area contributed by atoms with Crippen molar-refractivity contribution in [3.63, 3.8) is 0 Å². The molecule has 1 aromatic heterocycles. The molecule has 0 unspecified atom stereocenters. The molecular formula is C15H14N2. The van der Waals surface area contributed by atoms with E-state index in [1.54, 1.807) is 0 Å². The summed E-state index contributed by atoms with van der Waals surface area (Å²) < 4.78 is 1.94. The molecular weight excluding hydrogens is 208 g/mol. The number of para-hydroxylation sites is 1. The molecule has 0 aliphatic rings. The topological polar surface area (TPSA) is 17.8 Å². The normalized spacial score (nSPS) is 10.9. The maximum absolute atomic E-state index is 4.64. The van der Waals surface area contributed by atoms with Crippen molar-refractivity contribution >= 4 is 10.9 Å². The molecule has 0 fully saturated rings. The summed E-state index contributed by atoms with van der Waals surface area (Å²) in [7, 11) is 0. The summed E-state index contributed by atoms with van der Waals surface area (Å²) in [6.45, 7) is 4.23. The lowest BCUT2D eigenvalue weighted by molar-refractivity contribution is 0.895. The highest BCUT2D eigenvalue weighted by Crippen LogP contribution is 2.20. The fraction of sp³-hybridized carbons (Fsp3) is 0.133. The van der Waals surface area contributed by atoms with Crippen LogP contribution in [-0.2, 0) is 0 Å². The van der Waals surface area contributed by atoms with Gasteiger partial charge >= 0.3 is 0 Å². The zero-order valence-electron chi connectivity index (χ0n) is 10.0. The maximum Gasteiger partial charge on any atom is 0.0957 e. The first-order valence-corrected chi connectivity index (χ1v) is 5.76. The molecule has 1 heterocycles. The van der Waals surface area contributed by atoms with E-state index in [4.69, 9.17) is 0 Å². The molecule has 0 bridgehead atoms. The van der Waals surface area contributed by atoms with E-state index in [-0.39, 0.29) is 0 Å². The Morgan fingerprint density at radius 2 is 1.76 bits per heavy atom. The standard InChI is InChI=1S/C15H14N2/c1-11-8-12(2)15-13(9-11)10-17(16-15)14-6-4-3-5-7-14/h3-10H,1-2H3. The molecule has 2 heteroatoms. The second-order valence-corrected chi connectivity index (χ2v) is 4.43. The molecule has 0 spiro atoms. The summed E-state index contributed by atoms with van der Waals surface area (Å²) >= 11 is 0. The van der Waals surface area contributed by atoms with Crippen LogP contribution in [-0.4, -0.2) is 9.78 Å². The molecule has 3 aromatic rings. The van der Waals surface area contributed by atoms with Gasteiger partial charge in [-0.15, -0.1) is 0 Å². The molecule has 84 valence electrons. The first-order chi connectivity index (χ1) is 8.24. The molecule has 3 rings (SSSR count). The molecule has 2 aromatic carbocycles. The van der Waals surface area contributed by atoms with Gasteiger partial charge in [0.15, 0.2) is 0 Å². The summed E-state index contributed by atoms with van der Waals surface area (Å²) in [5.41, 5.74) is 4.69. The van der Waals surface area contributed by atoms with Crippen molar-refractivity contribution in [1.29, 1.82) is 0 Å². The predicted molar refractivity (Wildman–Crippen MR) is 70.5 cm³/mol. The van der Waals surface area contributed by atoms with Crippen LogP contribution in [0.2, 0.25) is 0 Å². The Balaban J connectivity index is 2.24. The summed E-state index contributed by atoms with van der Waals surface area (Å²) in [6.07, 6.45) is 2.09. The summed E-state index contributed by atoms with van der Waals surface area (Å²) in [5, 5.41) is 5.84. The quantitative estimate of drug-likeness (QED) is 0.614. The SMILES string of the molecule is Cc1cc(C)c2nn(-c3ccccc3)cc2c1. The highest BCUT2D eigenvalue weighted by atomic mass is 15.3. The van der Waals surface area contributed by atoms with E-state index in [1.165, 1.54) is 16.5 Å². The van der Waals surface area contributed by atoms with E-state index in [0.29, 0.717) is 0 Å². The zero-order chi connectivity index (χ0) is 11.8. The summed E-state index contributed by atoms with van der Waals surface area (Å²) in [6, 6.07) is 14.5. The smallest absolute Gasteiger partial charge is 0.0957 e. The van der Waals surface area contributed by atoms with E-state index in [9.17, 15) is 0 Å². The van der Waals surface area contributed by atoms with Crippen LogP contribution in [0.15, 0.2) is 48.7 Å². The van der Waals surface area contributed by atoms with E-state index >= 15 is 0 Å². The second kappa shape index (κ2) is 3.74. The minimum Gasteiger partial charge on any atom is -0.240 e. The molecule has 0 aliphatic carbocycles. The van der Waals surface area contributed by atoms with Crippen molar-refractivity contribution < 1.29 is 0 Å². The number of hydrogen-bond donors (Lipinski definition) is 0. The Morgan fingerprint density at radius 3 is 2.53 bits per heavy atom. The van der Waals surface area contributed by atoms with Gasteiger partial charge in [-0.05, 0) is 37.6 Å². The first kappa shape index (κ1) is 10.1. The molecule has 2 nitrogen and oxygen atoms in total. The number of fused-ring (bicyclic) bond motifs is 1. The van der Waals surface area contributed by atoms with Crippen LogP contribution in [0.3, 0.4) is 0 Å². The van der Waals surface area contributed by atoms with E-state index < -0.39 is 0 Å². The van der Waals surface area contributed by atoms with Crippen molar-refractivity contribution in [3.8, 4) is 5.69 Å². The third kappa shape index (κ3) is 1.72. The number of aryl methyl sites for hydroxylation is 2. The average molecular weight is 222 g/mol. The Morgan fingerprint density at radius 1 is 1.00 bits per heavy atom. The number of hydrogen-bond acceptors (Lipinski definition) is 1. The minimum atomic E-state index is 1.08. The van der Waals surface area contributed by atoms with Crippen molar-refractivity contribution in [2.45, 2.75) is 13.8 Å². The van der Waals surface area contributed by atoms with Crippen LogP contribution < -0.4 is 0 Å². The lowest BCUT2D eigenvalue weighted by Crippen LogP contribution is -1.93. The van der Waals surface area contributed by atoms with Crippen LogP contribution in [0.1, 0.15) is 11.1 Å². The fourth-order valence-electron chi connectivity index (χ4n) is 2.21. The number of nitrogens with zero attached hydrogens (tertiary/aromatic N) is 2. The zero-order valence-corrected chi connectivity index (χ0v) is 10.0. The van der Waals surface area contributed by atoms with Gasteiger partial charge < -0.3 is 0 Å². The largest absolute Gasteiger partial charge is 0.240 e. The lowest BCUT2D eigenvalue weighted by atomic mass is 10.1. The Labute approximate surface area is 101 Å². The third-order valence-electron chi connectivity index (χ3n) is 2.96. The van der Waals surface area contributed by atoms with Gasteiger partial charge in [-0.25, -0.2) is 4.68 Å². The maximum atomic E-state index is 4.64.